The predicted octanol–water partition coefficient (Wildman–Crippen LogP) is 4.66. The molecule has 0 aromatic heterocycles. The standard InChI is InChI=1S/C39H49N3O7/c1-7-9-20-30(44)40-25(3)33(27-18-14-11-15-19-27)48-37(47)31-29-21-22-39(49-29)32(31)35(45)42(28(24-43)26-16-12-10-13-17-26)34(39)36(46)41(23-8-2)38(4,5)6/h7-8,10-19,25,28-29,31-34,43H,1-2,9,20-24H2,3-6H3,(H,40,44)/t25-,28-,29+,31-,32-,33-,34+,39-/m1/s1. The molecular weight excluding hydrogens is 622 g/mol. The number of allylic oxidation sites excluding steroid dienone is 1. The van der Waals surface area contributed by atoms with Crippen molar-refractivity contribution in [3.63, 3.8) is 0 Å². The minimum Gasteiger partial charge on any atom is -0.455 e. The molecule has 0 radical (unpaired) electrons. The van der Waals surface area contributed by atoms with Gasteiger partial charge in [-0.15, -0.1) is 13.2 Å². The van der Waals surface area contributed by atoms with Crippen LogP contribution in [0.2, 0.25) is 0 Å². The molecule has 2 bridgehead atoms. The van der Waals surface area contributed by atoms with Gasteiger partial charge in [-0.1, -0.05) is 72.8 Å². The number of esters is 1. The molecule has 3 fully saturated rings. The summed E-state index contributed by atoms with van der Waals surface area (Å²) in [7, 11) is 0. The lowest BCUT2D eigenvalue weighted by molar-refractivity contribution is -0.163. The third-order valence-electron chi connectivity index (χ3n) is 10.1. The fourth-order valence-corrected chi connectivity index (χ4v) is 7.91. The topological polar surface area (TPSA) is 125 Å². The molecule has 3 amide bonds. The van der Waals surface area contributed by atoms with E-state index in [1.54, 1.807) is 24.0 Å². The van der Waals surface area contributed by atoms with Gasteiger partial charge in [0.15, 0.2) is 0 Å². The lowest BCUT2D eigenvalue weighted by atomic mass is 9.70. The van der Waals surface area contributed by atoms with Gasteiger partial charge >= 0.3 is 5.97 Å². The molecule has 8 atom stereocenters. The quantitative estimate of drug-likeness (QED) is 0.221. The Morgan fingerprint density at radius 1 is 1.08 bits per heavy atom. The van der Waals surface area contributed by atoms with Crippen molar-refractivity contribution in [3.05, 3.63) is 97.1 Å². The molecule has 10 heteroatoms. The Morgan fingerprint density at radius 2 is 1.71 bits per heavy atom. The Hall–Kier alpha value is -4.28. The number of nitrogens with one attached hydrogen (secondary N) is 1. The number of nitrogens with zero attached hydrogens (tertiary/aromatic N) is 2. The van der Waals surface area contributed by atoms with Crippen molar-refractivity contribution < 1.29 is 33.8 Å². The zero-order valence-electron chi connectivity index (χ0n) is 28.9. The molecule has 3 aliphatic rings. The second-order valence-electron chi connectivity index (χ2n) is 14.3. The van der Waals surface area contributed by atoms with Crippen LogP contribution < -0.4 is 5.32 Å². The Kier molecular flexibility index (Phi) is 10.8. The first-order valence-electron chi connectivity index (χ1n) is 17.1. The average Bonchev–Trinajstić information content (AvgIpc) is 3.73. The third-order valence-corrected chi connectivity index (χ3v) is 10.1. The highest BCUT2D eigenvalue weighted by Gasteiger charge is 2.76. The van der Waals surface area contributed by atoms with Crippen LogP contribution in [-0.2, 0) is 28.7 Å². The molecule has 1 spiro atoms. The molecule has 2 aromatic carbocycles. The van der Waals surface area contributed by atoms with Crippen molar-refractivity contribution in [1.82, 2.24) is 15.1 Å². The zero-order valence-corrected chi connectivity index (χ0v) is 28.9. The highest BCUT2D eigenvalue weighted by atomic mass is 16.6. The summed E-state index contributed by atoms with van der Waals surface area (Å²) in [5.41, 5.74) is -0.576. The van der Waals surface area contributed by atoms with Gasteiger partial charge in [0, 0.05) is 18.5 Å². The molecule has 0 aliphatic carbocycles. The molecular formula is C39H49N3O7. The Balaban J connectivity index is 1.54. The normalized spacial score (nSPS) is 26.0. The van der Waals surface area contributed by atoms with E-state index in [9.17, 15) is 24.3 Å². The number of rotatable bonds is 14. The maximum atomic E-state index is 14.8. The second kappa shape index (κ2) is 14.7. The summed E-state index contributed by atoms with van der Waals surface area (Å²) in [6, 6.07) is 15.7. The lowest BCUT2D eigenvalue weighted by Crippen LogP contribution is -2.60. The summed E-state index contributed by atoms with van der Waals surface area (Å²) in [4.78, 5) is 59.8. The maximum absolute atomic E-state index is 14.8. The first-order valence-corrected chi connectivity index (χ1v) is 17.1. The molecule has 0 unspecified atom stereocenters. The minimum atomic E-state index is -1.30. The smallest absolute Gasteiger partial charge is 0.313 e. The monoisotopic (exact) mass is 671 g/mol. The highest BCUT2D eigenvalue weighted by Crippen LogP contribution is 2.60. The number of carbonyl (C=O) groups is 4. The van der Waals surface area contributed by atoms with Gasteiger partial charge in [-0.05, 0) is 58.1 Å². The minimum absolute atomic E-state index is 0.201. The second-order valence-corrected chi connectivity index (χ2v) is 14.3. The van der Waals surface area contributed by atoms with Gasteiger partial charge < -0.3 is 29.7 Å². The molecule has 49 heavy (non-hydrogen) atoms. The molecule has 2 N–H and O–H groups in total. The first kappa shape index (κ1) is 36.0. The molecule has 5 rings (SSSR count). The Labute approximate surface area is 289 Å². The van der Waals surface area contributed by atoms with E-state index < -0.39 is 71.8 Å². The number of aliphatic hydroxyl groups is 1. The van der Waals surface area contributed by atoms with E-state index in [-0.39, 0.29) is 24.8 Å². The fourth-order valence-electron chi connectivity index (χ4n) is 7.91. The number of benzene rings is 2. The van der Waals surface area contributed by atoms with E-state index in [2.05, 4.69) is 18.5 Å². The van der Waals surface area contributed by atoms with Crippen LogP contribution in [0, 0.1) is 11.8 Å². The van der Waals surface area contributed by atoms with E-state index >= 15 is 0 Å². The van der Waals surface area contributed by atoms with Gasteiger partial charge in [0.25, 0.3) is 0 Å². The van der Waals surface area contributed by atoms with Crippen LogP contribution in [0.15, 0.2) is 86.0 Å². The Morgan fingerprint density at radius 3 is 2.29 bits per heavy atom. The van der Waals surface area contributed by atoms with Crippen molar-refractivity contribution >= 4 is 23.7 Å². The predicted molar refractivity (Wildman–Crippen MR) is 185 cm³/mol. The Bertz CT molecular complexity index is 1540. The molecule has 3 aliphatic heterocycles. The van der Waals surface area contributed by atoms with Crippen LogP contribution in [-0.4, -0.2) is 81.1 Å². The SMILES string of the molecule is C=CCCC(=O)N[C@H](C)[C@@H](OC(=O)[C@@H]1[C@@H]2CC[C@]3(O2)[C@H](C(=O)N(CC=C)C(C)(C)C)N([C@H](CO)c2ccccc2)C(=O)[C@@H]13)c1ccccc1. The fraction of sp³-hybridized carbons (Fsp3) is 0.487. The van der Waals surface area contributed by atoms with Crippen LogP contribution in [0.4, 0.5) is 0 Å². The van der Waals surface area contributed by atoms with Gasteiger partial charge in [0.1, 0.15) is 17.7 Å². The lowest BCUT2D eigenvalue weighted by Gasteiger charge is -2.43. The van der Waals surface area contributed by atoms with Gasteiger partial charge in [-0.2, -0.15) is 0 Å². The van der Waals surface area contributed by atoms with Crippen LogP contribution in [0.3, 0.4) is 0 Å². The summed E-state index contributed by atoms with van der Waals surface area (Å²) in [6.07, 6.45) is 3.43. The number of fused-ring (bicyclic) bond motifs is 1. The van der Waals surface area contributed by atoms with Crippen molar-refractivity contribution in [2.75, 3.05) is 13.2 Å². The molecule has 10 nitrogen and oxygen atoms in total. The number of hydrogen-bond donors (Lipinski definition) is 2. The van der Waals surface area contributed by atoms with E-state index in [0.717, 1.165) is 0 Å². The van der Waals surface area contributed by atoms with Crippen LogP contribution >= 0.6 is 0 Å². The van der Waals surface area contributed by atoms with Crippen LogP contribution in [0.25, 0.3) is 0 Å². The van der Waals surface area contributed by atoms with Crippen molar-refractivity contribution in [2.24, 2.45) is 11.8 Å². The molecule has 3 saturated heterocycles. The summed E-state index contributed by atoms with van der Waals surface area (Å²) in [5, 5.41) is 13.7. The van der Waals surface area contributed by atoms with Crippen LogP contribution in [0.1, 0.15) is 76.7 Å². The van der Waals surface area contributed by atoms with E-state index in [1.165, 1.54) is 4.90 Å². The molecule has 3 heterocycles. The zero-order chi connectivity index (χ0) is 35.5. The number of likely N-dealkylation sites (tertiary alicyclic amines) is 1. The number of aliphatic hydroxyl groups excluding tert-OH is 1. The van der Waals surface area contributed by atoms with Crippen molar-refractivity contribution in [1.29, 1.82) is 0 Å². The van der Waals surface area contributed by atoms with Gasteiger partial charge in [-0.25, -0.2) is 0 Å². The number of hydrogen-bond acceptors (Lipinski definition) is 7. The van der Waals surface area contributed by atoms with E-state index in [4.69, 9.17) is 9.47 Å². The number of carbonyl (C=O) groups excluding carboxylic acids is 4. The van der Waals surface area contributed by atoms with Crippen molar-refractivity contribution in [2.45, 2.75) is 94.9 Å². The molecule has 2 aromatic rings. The number of amides is 3. The van der Waals surface area contributed by atoms with Gasteiger partial charge in [0.05, 0.1) is 36.6 Å². The van der Waals surface area contributed by atoms with E-state index in [0.29, 0.717) is 30.4 Å². The molecule has 262 valence electrons. The third kappa shape index (κ3) is 6.81. The maximum Gasteiger partial charge on any atom is 0.313 e. The average molecular weight is 672 g/mol. The van der Waals surface area contributed by atoms with Gasteiger partial charge in [-0.3, -0.25) is 19.2 Å². The largest absolute Gasteiger partial charge is 0.455 e. The van der Waals surface area contributed by atoms with Crippen molar-refractivity contribution in [3.8, 4) is 0 Å². The van der Waals surface area contributed by atoms with E-state index in [1.807, 2.05) is 81.4 Å². The first-order chi connectivity index (χ1) is 23.4. The summed E-state index contributed by atoms with van der Waals surface area (Å²) >= 11 is 0. The summed E-state index contributed by atoms with van der Waals surface area (Å²) < 4.78 is 12.9. The van der Waals surface area contributed by atoms with Crippen LogP contribution in [0.5, 0.6) is 0 Å². The summed E-state index contributed by atoms with van der Waals surface area (Å²) in [5.74, 6) is -3.59. The highest BCUT2D eigenvalue weighted by molar-refractivity contribution is 5.98. The molecule has 0 saturated carbocycles. The van der Waals surface area contributed by atoms with Gasteiger partial charge in [0.2, 0.25) is 17.7 Å². The number of ether oxygens (including phenoxy) is 2. The summed E-state index contributed by atoms with van der Waals surface area (Å²) in [6.45, 7) is 14.9.